The van der Waals surface area contributed by atoms with Gasteiger partial charge in [-0.05, 0) is 13.0 Å². The van der Waals surface area contributed by atoms with Crippen molar-refractivity contribution in [1.82, 2.24) is 0 Å². The van der Waals surface area contributed by atoms with Crippen molar-refractivity contribution in [2.24, 2.45) is 5.73 Å². The van der Waals surface area contributed by atoms with Gasteiger partial charge in [0.25, 0.3) is 0 Å². The van der Waals surface area contributed by atoms with E-state index in [0.717, 1.165) is 5.56 Å². The van der Waals surface area contributed by atoms with Crippen molar-refractivity contribution in [3.63, 3.8) is 0 Å². The number of rotatable bonds is 2. The van der Waals surface area contributed by atoms with E-state index in [1.54, 1.807) is 19.2 Å². The predicted molar refractivity (Wildman–Crippen MR) is 50.3 cm³/mol. The number of hydrogen-bond donors (Lipinski definition) is 1. The minimum atomic E-state index is -0.122. The second-order valence-electron chi connectivity index (χ2n) is 2.83. The van der Waals surface area contributed by atoms with Gasteiger partial charge in [-0.2, -0.15) is 5.26 Å². The van der Waals surface area contributed by atoms with Crippen molar-refractivity contribution in [2.75, 3.05) is 7.11 Å². The van der Waals surface area contributed by atoms with Gasteiger partial charge >= 0.3 is 0 Å². The topological polar surface area (TPSA) is 59.0 Å². The van der Waals surface area contributed by atoms with Gasteiger partial charge < -0.3 is 10.5 Å². The van der Waals surface area contributed by atoms with E-state index in [-0.39, 0.29) is 6.04 Å². The standard InChI is InChI=1S/C10H12N2O/c1-7(12)9-5-3-4-8(6-11)10(9)13-2/h3-5,7H,12H2,1-2H3/t7-/m1/s1. The molecule has 1 aromatic carbocycles. The Labute approximate surface area is 77.7 Å². The molecular formula is C10H12N2O. The minimum Gasteiger partial charge on any atom is -0.495 e. The molecule has 68 valence electrons. The lowest BCUT2D eigenvalue weighted by molar-refractivity contribution is 0.405. The highest BCUT2D eigenvalue weighted by atomic mass is 16.5. The van der Waals surface area contributed by atoms with Gasteiger partial charge in [0.05, 0.1) is 12.7 Å². The number of nitrogens with two attached hydrogens (primary N) is 1. The lowest BCUT2D eigenvalue weighted by Crippen LogP contribution is -2.07. The molecule has 0 radical (unpaired) electrons. The smallest absolute Gasteiger partial charge is 0.141 e. The summed E-state index contributed by atoms with van der Waals surface area (Å²) in [6.07, 6.45) is 0. The summed E-state index contributed by atoms with van der Waals surface area (Å²) < 4.78 is 5.13. The van der Waals surface area contributed by atoms with Crippen LogP contribution in [0, 0.1) is 11.3 Å². The molecule has 0 saturated heterocycles. The third-order valence-corrected chi connectivity index (χ3v) is 1.86. The molecule has 0 unspecified atom stereocenters. The molecule has 1 rings (SSSR count). The average molecular weight is 176 g/mol. The number of nitrogens with zero attached hydrogens (tertiary/aromatic N) is 1. The Morgan fingerprint density at radius 2 is 2.23 bits per heavy atom. The van der Waals surface area contributed by atoms with Crippen molar-refractivity contribution in [1.29, 1.82) is 5.26 Å². The Morgan fingerprint density at radius 3 is 2.69 bits per heavy atom. The third-order valence-electron chi connectivity index (χ3n) is 1.86. The van der Waals surface area contributed by atoms with Gasteiger partial charge in [0.1, 0.15) is 11.8 Å². The summed E-state index contributed by atoms with van der Waals surface area (Å²) in [6, 6.07) is 7.32. The van der Waals surface area contributed by atoms with Crippen LogP contribution >= 0.6 is 0 Å². The fraction of sp³-hybridized carbons (Fsp3) is 0.300. The summed E-state index contributed by atoms with van der Waals surface area (Å²) >= 11 is 0. The molecule has 0 aliphatic heterocycles. The molecule has 0 aliphatic rings. The SMILES string of the molecule is COc1c(C#N)cccc1[C@@H](C)N. The highest BCUT2D eigenvalue weighted by Gasteiger charge is 2.10. The van der Waals surface area contributed by atoms with E-state index in [1.165, 1.54) is 0 Å². The van der Waals surface area contributed by atoms with E-state index in [2.05, 4.69) is 6.07 Å². The van der Waals surface area contributed by atoms with Crippen LogP contribution < -0.4 is 10.5 Å². The number of nitriles is 1. The van der Waals surface area contributed by atoms with Gasteiger partial charge in [-0.3, -0.25) is 0 Å². The van der Waals surface area contributed by atoms with Crippen molar-refractivity contribution in [3.05, 3.63) is 29.3 Å². The van der Waals surface area contributed by atoms with Crippen LogP contribution in [0.15, 0.2) is 18.2 Å². The highest BCUT2D eigenvalue weighted by Crippen LogP contribution is 2.26. The molecule has 0 aromatic heterocycles. The summed E-state index contributed by atoms with van der Waals surface area (Å²) in [5.74, 6) is 0.583. The summed E-state index contributed by atoms with van der Waals surface area (Å²) in [5, 5.41) is 8.78. The highest BCUT2D eigenvalue weighted by molar-refractivity contribution is 5.49. The fourth-order valence-electron chi connectivity index (χ4n) is 1.23. The Hall–Kier alpha value is -1.53. The van der Waals surface area contributed by atoms with Crippen LogP contribution in [0.1, 0.15) is 24.1 Å². The van der Waals surface area contributed by atoms with Crippen LogP contribution in [-0.4, -0.2) is 7.11 Å². The zero-order chi connectivity index (χ0) is 9.84. The molecule has 0 fully saturated rings. The van der Waals surface area contributed by atoms with Crippen molar-refractivity contribution < 1.29 is 4.74 Å². The first-order chi connectivity index (χ1) is 6.20. The number of methoxy groups -OCH3 is 1. The third kappa shape index (κ3) is 1.79. The van der Waals surface area contributed by atoms with Gasteiger partial charge in [0, 0.05) is 11.6 Å². The lowest BCUT2D eigenvalue weighted by atomic mass is 10.0. The maximum absolute atomic E-state index is 8.78. The van der Waals surface area contributed by atoms with E-state index < -0.39 is 0 Å². The minimum absolute atomic E-state index is 0.122. The van der Waals surface area contributed by atoms with Crippen molar-refractivity contribution in [2.45, 2.75) is 13.0 Å². The van der Waals surface area contributed by atoms with Gasteiger partial charge in [-0.25, -0.2) is 0 Å². The molecular weight excluding hydrogens is 164 g/mol. The van der Waals surface area contributed by atoms with Crippen molar-refractivity contribution >= 4 is 0 Å². The molecule has 3 nitrogen and oxygen atoms in total. The monoisotopic (exact) mass is 176 g/mol. The zero-order valence-corrected chi connectivity index (χ0v) is 7.74. The molecule has 0 amide bonds. The summed E-state index contributed by atoms with van der Waals surface area (Å²) in [7, 11) is 1.54. The molecule has 0 spiro atoms. The number of benzene rings is 1. The zero-order valence-electron chi connectivity index (χ0n) is 7.74. The van der Waals surface area contributed by atoms with E-state index >= 15 is 0 Å². The molecule has 13 heavy (non-hydrogen) atoms. The largest absolute Gasteiger partial charge is 0.495 e. The number of ether oxygens (including phenoxy) is 1. The van der Waals surface area contributed by atoms with Crippen LogP contribution in [-0.2, 0) is 0 Å². The van der Waals surface area contributed by atoms with Crippen molar-refractivity contribution in [3.8, 4) is 11.8 Å². The Morgan fingerprint density at radius 1 is 1.54 bits per heavy atom. The van der Waals surface area contributed by atoms with E-state index in [1.807, 2.05) is 13.0 Å². The second-order valence-corrected chi connectivity index (χ2v) is 2.83. The molecule has 0 saturated carbocycles. The van der Waals surface area contributed by atoms with Gasteiger partial charge in [0.2, 0.25) is 0 Å². The molecule has 0 heterocycles. The van der Waals surface area contributed by atoms with Crippen LogP contribution in [0.5, 0.6) is 5.75 Å². The molecule has 0 bridgehead atoms. The summed E-state index contributed by atoms with van der Waals surface area (Å²) in [5.41, 5.74) is 7.11. The quantitative estimate of drug-likeness (QED) is 0.744. The fourth-order valence-corrected chi connectivity index (χ4v) is 1.23. The first kappa shape index (κ1) is 9.56. The molecule has 2 N–H and O–H groups in total. The molecule has 3 heteroatoms. The number of hydrogen-bond acceptors (Lipinski definition) is 3. The first-order valence-electron chi connectivity index (χ1n) is 4.03. The summed E-state index contributed by atoms with van der Waals surface area (Å²) in [6.45, 7) is 1.86. The maximum Gasteiger partial charge on any atom is 0.141 e. The Balaban J connectivity index is 3.29. The second kappa shape index (κ2) is 3.92. The molecule has 1 aromatic rings. The van der Waals surface area contributed by atoms with Crippen LogP contribution in [0.4, 0.5) is 0 Å². The van der Waals surface area contributed by atoms with Gasteiger partial charge in [0.15, 0.2) is 0 Å². The van der Waals surface area contributed by atoms with Gasteiger partial charge in [-0.1, -0.05) is 12.1 Å². The Bertz CT molecular complexity index is 339. The van der Waals surface area contributed by atoms with Gasteiger partial charge in [-0.15, -0.1) is 0 Å². The van der Waals surface area contributed by atoms with E-state index in [4.69, 9.17) is 15.7 Å². The Kier molecular flexibility index (Phi) is 2.88. The summed E-state index contributed by atoms with van der Waals surface area (Å²) in [4.78, 5) is 0. The lowest BCUT2D eigenvalue weighted by Gasteiger charge is -2.12. The van der Waals surface area contributed by atoms with Crippen LogP contribution in [0.25, 0.3) is 0 Å². The molecule has 1 atom stereocenters. The van der Waals surface area contributed by atoms with E-state index in [9.17, 15) is 0 Å². The maximum atomic E-state index is 8.78. The number of para-hydroxylation sites is 1. The molecule has 0 aliphatic carbocycles. The van der Waals surface area contributed by atoms with Crippen LogP contribution in [0.3, 0.4) is 0 Å². The first-order valence-corrected chi connectivity index (χ1v) is 4.03. The van der Waals surface area contributed by atoms with E-state index in [0.29, 0.717) is 11.3 Å². The predicted octanol–water partition coefficient (Wildman–Crippen LogP) is 1.59. The average Bonchev–Trinajstić information content (AvgIpc) is 2.16. The normalized spacial score (nSPS) is 11.8. The van der Waals surface area contributed by atoms with Crippen LogP contribution in [0.2, 0.25) is 0 Å².